The fraction of sp³-hybridized carbons (Fsp3) is 0.333. The van der Waals surface area contributed by atoms with Crippen LogP contribution in [0.1, 0.15) is 6.92 Å². The number of nitrogens with one attached hydrogen (secondary N) is 2. The number of nitrogens with zero attached hydrogens (tertiary/aromatic N) is 1. The highest BCUT2D eigenvalue weighted by atomic mass is 35.5. The van der Waals surface area contributed by atoms with E-state index in [-0.39, 0.29) is 15.8 Å². The molecule has 0 aliphatic rings. The number of aliphatic carboxylic acids is 1. The topological polar surface area (TPSA) is 112 Å². The van der Waals surface area contributed by atoms with Crippen molar-refractivity contribution in [2.75, 3.05) is 5.75 Å². The molecule has 98 valence electrons. The third kappa shape index (κ3) is 4.04. The second-order valence-electron chi connectivity index (χ2n) is 3.25. The molecule has 0 saturated carbocycles. The SMILES string of the molecule is CC(=O)N[C@@H](CSc1nc[nH]c(=O)c1Cl)C(=O)O. The number of hydrogen-bond donors (Lipinski definition) is 3. The average Bonchev–Trinajstić information content (AvgIpc) is 2.28. The molecule has 0 saturated heterocycles. The van der Waals surface area contributed by atoms with Crippen molar-refractivity contribution in [3.63, 3.8) is 0 Å². The standard InChI is InChI=1S/C9H10ClN3O4S/c1-4(14)13-5(9(16)17)2-18-8-6(10)7(15)11-3-12-8/h3,5H,2H2,1H3,(H,13,14)(H,16,17)(H,11,12,15)/t5-/m0/s1. The first-order chi connectivity index (χ1) is 8.41. The molecule has 0 aliphatic heterocycles. The summed E-state index contributed by atoms with van der Waals surface area (Å²) in [5.41, 5.74) is -0.499. The van der Waals surface area contributed by atoms with E-state index in [1.54, 1.807) is 0 Å². The fourth-order valence-electron chi connectivity index (χ4n) is 1.05. The van der Waals surface area contributed by atoms with Gasteiger partial charge in [-0.05, 0) is 0 Å². The molecule has 1 aromatic heterocycles. The van der Waals surface area contributed by atoms with Crippen LogP contribution in [0.15, 0.2) is 16.1 Å². The molecule has 0 aromatic carbocycles. The number of halogens is 1. The lowest BCUT2D eigenvalue weighted by Gasteiger charge is -2.12. The van der Waals surface area contributed by atoms with Crippen LogP contribution in [0.3, 0.4) is 0 Å². The maximum Gasteiger partial charge on any atom is 0.327 e. The average molecular weight is 292 g/mol. The fourth-order valence-corrected chi connectivity index (χ4v) is 2.21. The number of aromatic nitrogens is 2. The summed E-state index contributed by atoms with van der Waals surface area (Å²) in [6.45, 7) is 1.22. The predicted octanol–water partition coefficient (Wildman–Crippen LogP) is 0.105. The third-order valence-electron chi connectivity index (χ3n) is 1.83. The van der Waals surface area contributed by atoms with E-state index in [9.17, 15) is 14.4 Å². The molecule has 18 heavy (non-hydrogen) atoms. The van der Waals surface area contributed by atoms with E-state index in [2.05, 4.69) is 15.3 Å². The quantitative estimate of drug-likeness (QED) is 0.524. The van der Waals surface area contributed by atoms with Gasteiger partial charge in [0.05, 0.1) is 6.33 Å². The minimum Gasteiger partial charge on any atom is -0.480 e. The normalized spacial score (nSPS) is 11.9. The van der Waals surface area contributed by atoms with Crippen LogP contribution in [0.25, 0.3) is 0 Å². The van der Waals surface area contributed by atoms with Crippen molar-refractivity contribution >= 4 is 35.2 Å². The van der Waals surface area contributed by atoms with E-state index in [1.807, 2.05) is 0 Å². The lowest BCUT2D eigenvalue weighted by atomic mass is 10.3. The zero-order valence-corrected chi connectivity index (χ0v) is 10.8. The Morgan fingerprint density at radius 1 is 1.67 bits per heavy atom. The van der Waals surface area contributed by atoms with Crippen molar-refractivity contribution in [1.29, 1.82) is 0 Å². The first kappa shape index (κ1) is 14.5. The van der Waals surface area contributed by atoms with Gasteiger partial charge < -0.3 is 15.4 Å². The molecule has 0 spiro atoms. The number of carboxylic acid groups (broad SMARTS) is 1. The van der Waals surface area contributed by atoms with Crippen LogP contribution < -0.4 is 10.9 Å². The van der Waals surface area contributed by atoms with Crippen LogP contribution >= 0.6 is 23.4 Å². The van der Waals surface area contributed by atoms with Gasteiger partial charge in [-0.1, -0.05) is 11.6 Å². The molecule has 0 unspecified atom stereocenters. The first-order valence-corrected chi connectivity index (χ1v) is 6.14. The Balaban J connectivity index is 2.73. The summed E-state index contributed by atoms with van der Waals surface area (Å²) < 4.78 is 0. The second-order valence-corrected chi connectivity index (χ2v) is 4.64. The van der Waals surface area contributed by atoms with Gasteiger partial charge in [-0.15, -0.1) is 11.8 Å². The number of amides is 1. The zero-order chi connectivity index (χ0) is 13.7. The number of rotatable bonds is 5. The van der Waals surface area contributed by atoms with Gasteiger partial charge in [0, 0.05) is 12.7 Å². The number of carboxylic acids is 1. The van der Waals surface area contributed by atoms with Gasteiger partial charge in [0.2, 0.25) is 5.91 Å². The molecule has 1 aromatic rings. The molecule has 0 fully saturated rings. The zero-order valence-electron chi connectivity index (χ0n) is 9.27. The molecule has 3 N–H and O–H groups in total. The monoisotopic (exact) mass is 291 g/mol. The van der Waals surface area contributed by atoms with E-state index < -0.39 is 23.5 Å². The number of carbonyl (C=O) groups excluding carboxylic acids is 1. The number of thioether (sulfide) groups is 1. The summed E-state index contributed by atoms with van der Waals surface area (Å²) in [4.78, 5) is 38.9. The Morgan fingerprint density at radius 3 is 2.89 bits per heavy atom. The molecule has 1 amide bonds. The summed E-state index contributed by atoms with van der Waals surface area (Å²) >= 11 is 6.68. The van der Waals surface area contributed by atoms with Crippen LogP contribution in [-0.2, 0) is 9.59 Å². The Morgan fingerprint density at radius 2 is 2.33 bits per heavy atom. The molecular formula is C9H10ClN3O4S. The largest absolute Gasteiger partial charge is 0.480 e. The molecular weight excluding hydrogens is 282 g/mol. The van der Waals surface area contributed by atoms with E-state index in [1.165, 1.54) is 13.3 Å². The van der Waals surface area contributed by atoms with Gasteiger partial charge in [-0.3, -0.25) is 9.59 Å². The minimum atomic E-state index is -1.17. The number of hydrogen-bond acceptors (Lipinski definition) is 5. The summed E-state index contributed by atoms with van der Waals surface area (Å²) in [6.07, 6.45) is 1.17. The van der Waals surface area contributed by atoms with Gasteiger partial charge >= 0.3 is 5.97 Å². The van der Waals surface area contributed by atoms with Crippen molar-refractivity contribution in [1.82, 2.24) is 15.3 Å². The summed E-state index contributed by atoms with van der Waals surface area (Å²) in [5.74, 6) is -1.60. The Kier molecular flexibility index (Phi) is 5.17. The molecule has 1 heterocycles. The van der Waals surface area contributed by atoms with E-state index in [0.29, 0.717) is 0 Å². The van der Waals surface area contributed by atoms with Crippen LogP contribution in [0.2, 0.25) is 5.02 Å². The van der Waals surface area contributed by atoms with Crippen molar-refractivity contribution in [3.05, 3.63) is 21.7 Å². The van der Waals surface area contributed by atoms with Crippen LogP contribution in [0, 0.1) is 0 Å². The minimum absolute atomic E-state index is 0.0189. The van der Waals surface area contributed by atoms with Crippen LogP contribution in [0.5, 0.6) is 0 Å². The van der Waals surface area contributed by atoms with E-state index >= 15 is 0 Å². The van der Waals surface area contributed by atoms with E-state index in [4.69, 9.17) is 16.7 Å². The van der Waals surface area contributed by atoms with Crippen LogP contribution in [0.4, 0.5) is 0 Å². The van der Waals surface area contributed by atoms with E-state index in [0.717, 1.165) is 11.8 Å². The molecule has 1 atom stereocenters. The maximum atomic E-state index is 11.2. The lowest BCUT2D eigenvalue weighted by Crippen LogP contribution is -2.41. The van der Waals surface area contributed by atoms with Gasteiger partial charge in [-0.2, -0.15) is 0 Å². The first-order valence-electron chi connectivity index (χ1n) is 4.77. The third-order valence-corrected chi connectivity index (χ3v) is 3.37. The highest BCUT2D eigenvalue weighted by molar-refractivity contribution is 7.99. The van der Waals surface area contributed by atoms with Gasteiger partial charge in [0.25, 0.3) is 5.56 Å². The van der Waals surface area contributed by atoms with Crippen LogP contribution in [-0.4, -0.2) is 38.7 Å². The lowest BCUT2D eigenvalue weighted by molar-refractivity contribution is -0.140. The summed E-state index contributed by atoms with van der Waals surface area (Å²) in [6, 6.07) is -1.07. The summed E-state index contributed by atoms with van der Waals surface area (Å²) in [7, 11) is 0. The van der Waals surface area contributed by atoms with Crippen molar-refractivity contribution in [2.45, 2.75) is 18.0 Å². The second kappa shape index (κ2) is 6.41. The number of H-pyrrole nitrogens is 1. The molecule has 0 aliphatic carbocycles. The predicted molar refractivity (Wildman–Crippen MR) is 65.8 cm³/mol. The molecule has 0 bridgehead atoms. The molecule has 9 heteroatoms. The van der Waals surface area contributed by atoms with Gasteiger partial charge in [0.15, 0.2) is 0 Å². The van der Waals surface area contributed by atoms with Crippen molar-refractivity contribution in [3.8, 4) is 0 Å². The Labute approximate surface area is 111 Å². The van der Waals surface area contributed by atoms with Crippen molar-refractivity contribution in [2.24, 2.45) is 0 Å². The molecule has 7 nitrogen and oxygen atoms in total. The van der Waals surface area contributed by atoms with Gasteiger partial charge in [0.1, 0.15) is 16.1 Å². The highest BCUT2D eigenvalue weighted by Gasteiger charge is 2.19. The smallest absolute Gasteiger partial charge is 0.327 e. The molecule has 0 radical (unpaired) electrons. The van der Waals surface area contributed by atoms with Crippen molar-refractivity contribution < 1.29 is 14.7 Å². The molecule has 1 rings (SSSR count). The maximum absolute atomic E-state index is 11.2. The highest BCUT2D eigenvalue weighted by Crippen LogP contribution is 2.21. The Hall–Kier alpha value is -1.54. The number of aromatic amines is 1. The number of carbonyl (C=O) groups is 2. The summed E-state index contributed by atoms with van der Waals surface area (Å²) in [5, 5.41) is 11.3. The van der Waals surface area contributed by atoms with Gasteiger partial charge in [-0.25, -0.2) is 9.78 Å². The Bertz CT molecular complexity index is 519.